The number of thiophene rings is 1. The Morgan fingerprint density at radius 3 is 2.12 bits per heavy atom. The molecule has 0 unspecified atom stereocenters. The molecule has 1 aromatic heterocycles. The predicted octanol–water partition coefficient (Wildman–Crippen LogP) is 4.62. The molecule has 0 N–H and O–H groups in total. The molecule has 92 valence electrons. The summed E-state index contributed by atoms with van der Waals surface area (Å²) in [7, 11) is 0. The molecule has 0 spiro atoms. The SMILES string of the molecule is CC(C)CN(Cc1sccc1Br)CC(C)C. The molecule has 0 radical (unpaired) electrons. The molecule has 0 aromatic carbocycles. The minimum absolute atomic E-state index is 0.734. The van der Waals surface area contributed by atoms with E-state index in [9.17, 15) is 0 Å². The third kappa shape index (κ3) is 4.98. The van der Waals surface area contributed by atoms with Gasteiger partial charge in [0.15, 0.2) is 0 Å². The van der Waals surface area contributed by atoms with Gasteiger partial charge in [-0.1, -0.05) is 27.7 Å². The lowest BCUT2D eigenvalue weighted by molar-refractivity contribution is 0.213. The average Bonchev–Trinajstić information content (AvgIpc) is 2.49. The molecular weight excluding hydrogens is 282 g/mol. The quantitative estimate of drug-likeness (QED) is 0.741. The molecule has 3 heteroatoms. The highest BCUT2D eigenvalue weighted by molar-refractivity contribution is 9.10. The van der Waals surface area contributed by atoms with Crippen LogP contribution in [0.5, 0.6) is 0 Å². The van der Waals surface area contributed by atoms with Crippen molar-refractivity contribution in [2.75, 3.05) is 13.1 Å². The zero-order valence-electron chi connectivity index (χ0n) is 10.7. The fourth-order valence-corrected chi connectivity index (χ4v) is 3.40. The highest BCUT2D eigenvalue weighted by Gasteiger charge is 2.12. The standard InChI is InChI=1S/C13H22BrNS/c1-10(2)7-15(8-11(3)4)9-13-12(14)5-6-16-13/h5-6,10-11H,7-9H2,1-4H3. The molecule has 1 nitrogen and oxygen atoms in total. The summed E-state index contributed by atoms with van der Waals surface area (Å²) in [5.74, 6) is 1.47. The Morgan fingerprint density at radius 1 is 1.19 bits per heavy atom. The van der Waals surface area contributed by atoms with Gasteiger partial charge in [-0.05, 0) is 39.2 Å². The van der Waals surface area contributed by atoms with Crippen LogP contribution in [0.3, 0.4) is 0 Å². The summed E-state index contributed by atoms with van der Waals surface area (Å²) in [6, 6.07) is 2.14. The summed E-state index contributed by atoms with van der Waals surface area (Å²) >= 11 is 5.45. The second-order valence-electron chi connectivity index (χ2n) is 5.17. The Labute approximate surface area is 112 Å². The maximum atomic E-state index is 3.61. The largest absolute Gasteiger partial charge is 0.298 e. The van der Waals surface area contributed by atoms with Crippen LogP contribution in [0.4, 0.5) is 0 Å². The minimum atomic E-state index is 0.734. The van der Waals surface area contributed by atoms with Gasteiger partial charge in [-0.3, -0.25) is 4.90 Å². The predicted molar refractivity (Wildman–Crippen MR) is 77.0 cm³/mol. The molecule has 1 rings (SSSR count). The molecule has 0 fully saturated rings. The van der Waals surface area contributed by atoms with Gasteiger partial charge in [-0.15, -0.1) is 11.3 Å². The van der Waals surface area contributed by atoms with E-state index in [0.29, 0.717) is 0 Å². The molecule has 0 aliphatic carbocycles. The molecule has 0 saturated heterocycles. The van der Waals surface area contributed by atoms with Gasteiger partial charge < -0.3 is 0 Å². The van der Waals surface area contributed by atoms with E-state index in [-0.39, 0.29) is 0 Å². The van der Waals surface area contributed by atoms with Crippen molar-refractivity contribution in [3.8, 4) is 0 Å². The Kier molecular flexibility index (Phi) is 6.01. The minimum Gasteiger partial charge on any atom is -0.298 e. The third-order valence-corrected chi connectivity index (χ3v) is 4.22. The zero-order chi connectivity index (χ0) is 12.1. The van der Waals surface area contributed by atoms with Crippen molar-refractivity contribution in [2.45, 2.75) is 34.2 Å². The van der Waals surface area contributed by atoms with Gasteiger partial charge in [0.1, 0.15) is 0 Å². The van der Waals surface area contributed by atoms with Crippen molar-refractivity contribution in [3.05, 3.63) is 20.8 Å². The number of rotatable bonds is 6. The third-order valence-electron chi connectivity index (χ3n) is 2.30. The van der Waals surface area contributed by atoms with Crippen molar-refractivity contribution in [1.29, 1.82) is 0 Å². The molecule has 0 bridgehead atoms. The lowest BCUT2D eigenvalue weighted by atomic mass is 10.1. The summed E-state index contributed by atoms with van der Waals surface area (Å²) in [5.41, 5.74) is 0. The Morgan fingerprint density at radius 2 is 1.75 bits per heavy atom. The van der Waals surface area contributed by atoms with Crippen LogP contribution < -0.4 is 0 Å². The van der Waals surface area contributed by atoms with Crippen LogP contribution in [0.1, 0.15) is 32.6 Å². The molecule has 16 heavy (non-hydrogen) atoms. The van der Waals surface area contributed by atoms with Crippen LogP contribution in [0.2, 0.25) is 0 Å². The first-order chi connectivity index (χ1) is 7.49. The maximum Gasteiger partial charge on any atom is 0.0339 e. The van der Waals surface area contributed by atoms with Crippen molar-refractivity contribution in [2.24, 2.45) is 11.8 Å². The van der Waals surface area contributed by atoms with Gasteiger partial charge in [-0.25, -0.2) is 0 Å². The lowest BCUT2D eigenvalue weighted by Crippen LogP contribution is -2.30. The molecule has 0 atom stereocenters. The van der Waals surface area contributed by atoms with E-state index in [1.807, 2.05) is 11.3 Å². The van der Waals surface area contributed by atoms with E-state index in [2.05, 4.69) is 60.0 Å². The lowest BCUT2D eigenvalue weighted by Gasteiger charge is -2.25. The van der Waals surface area contributed by atoms with E-state index in [4.69, 9.17) is 0 Å². The van der Waals surface area contributed by atoms with E-state index < -0.39 is 0 Å². The molecule has 0 aliphatic rings. The first-order valence-electron chi connectivity index (χ1n) is 5.93. The Bertz CT molecular complexity index is 297. The molecule has 0 amide bonds. The van der Waals surface area contributed by atoms with Crippen LogP contribution in [0.15, 0.2) is 15.9 Å². The summed E-state index contributed by atoms with van der Waals surface area (Å²) < 4.78 is 1.26. The molecular formula is C13H22BrNS. The molecule has 0 saturated carbocycles. The summed E-state index contributed by atoms with van der Waals surface area (Å²) in [5, 5.41) is 2.16. The fraction of sp³-hybridized carbons (Fsp3) is 0.692. The van der Waals surface area contributed by atoms with Crippen LogP contribution >= 0.6 is 27.3 Å². The van der Waals surface area contributed by atoms with Crippen LogP contribution in [-0.2, 0) is 6.54 Å². The number of hydrogen-bond donors (Lipinski definition) is 0. The molecule has 1 aromatic rings. The summed E-state index contributed by atoms with van der Waals surface area (Å²) in [4.78, 5) is 4.01. The van der Waals surface area contributed by atoms with E-state index in [0.717, 1.165) is 18.4 Å². The van der Waals surface area contributed by atoms with Gasteiger partial charge in [-0.2, -0.15) is 0 Å². The Balaban J connectivity index is 2.59. The smallest absolute Gasteiger partial charge is 0.0339 e. The van der Waals surface area contributed by atoms with E-state index in [1.165, 1.54) is 22.4 Å². The van der Waals surface area contributed by atoms with Gasteiger partial charge in [0, 0.05) is 29.0 Å². The highest BCUT2D eigenvalue weighted by Crippen LogP contribution is 2.24. The summed E-state index contributed by atoms with van der Waals surface area (Å²) in [6.45, 7) is 12.6. The van der Waals surface area contributed by atoms with Crippen LogP contribution in [0, 0.1) is 11.8 Å². The van der Waals surface area contributed by atoms with Gasteiger partial charge in [0.25, 0.3) is 0 Å². The van der Waals surface area contributed by atoms with Crippen molar-refractivity contribution in [3.63, 3.8) is 0 Å². The molecule has 1 heterocycles. The monoisotopic (exact) mass is 303 g/mol. The zero-order valence-corrected chi connectivity index (χ0v) is 13.1. The van der Waals surface area contributed by atoms with Crippen molar-refractivity contribution < 1.29 is 0 Å². The van der Waals surface area contributed by atoms with Crippen molar-refractivity contribution in [1.82, 2.24) is 4.90 Å². The number of hydrogen-bond acceptors (Lipinski definition) is 2. The first kappa shape index (κ1) is 14.2. The van der Waals surface area contributed by atoms with Crippen LogP contribution in [0.25, 0.3) is 0 Å². The number of nitrogens with zero attached hydrogens (tertiary/aromatic N) is 1. The van der Waals surface area contributed by atoms with E-state index in [1.54, 1.807) is 0 Å². The van der Waals surface area contributed by atoms with Gasteiger partial charge >= 0.3 is 0 Å². The molecule has 0 aliphatic heterocycles. The highest BCUT2D eigenvalue weighted by atomic mass is 79.9. The fourth-order valence-electron chi connectivity index (χ4n) is 1.88. The normalized spacial score (nSPS) is 12.0. The number of halogens is 1. The second-order valence-corrected chi connectivity index (χ2v) is 7.03. The Hall–Kier alpha value is 0.140. The maximum absolute atomic E-state index is 3.61. The summed E-state index contributed by atoms with van der Waals surface area (Å²) in [6.07, 6.45) is 0. The van der Waals surface area contributed by atoms with E-state index >= 15 is 0 Å². The van der Waals surface area contributed by atoms with Crippen molar-refractivity contribution >= 4 is 27.3 Å². The van der Waals surface area contributed by atoms with Gasteiger partial charge in [0.05, 0.1) is 0 Å². The van der Waals surface area contributed by atoms with Gasteiger partial charge in [0.2, 0.25) is 0 Å². The topological polar surface area (TPSA) is 3.24 Å². The second kappa shape index (κ2) is 6.77. The average molecular weight is 304 g/mol. The first-order valence-corrected chi connectivity index (χ1v) is 7.60. The van der Waals surface area contributed by atoms with Crippen LogP contribution in [-0.4, -0.2) is 18.0 Å².